The Kier molecular flexibility index (Phi) is 5.49. The molecule has 1 atom stereocenters. The van der Waals surface area contributed by atoms with E-state index < -0.39 is 17.7 Å². The molecule has 0 unspecified atom stereocenters. The molecule has 1 aliphatic rings. The summed E-state index contributed by atoms with van der Waals surface area (Å²) in [5.74, 6) is -0.0196. The lowest BCUT2D eigenvalue weighted by Gasteiger charge is -2.33. The lowest BCUT2D eigenvalue weighted by atomic mass is 10.0. The van der Waals surface area contributed by atoms with Gasteiger partial charge in [0.1, 0.15) is 0 Å². The topological polar surface area (TPSA) is 81.1 Å². The highest BCUT2D eigenvalue weighted by Crippen LogP contribution is 2.17. The van der Waals surface area contributed by atoms with Crippen molar-refractivity contribution in [3.05, 3.63) is 35.4 Å². The smallest absolute Gasteiger partial charge is 0.407 e. The SMILES string of the molecule is CC(C)(C)N(CCc1ccc(CN2C[C@H](O)CC2=O)cc1)C(=O)O. The fourth-order valence-electron chi connectivity index (χ4n) is 2.89. The van der Waals surface area contributed by atoms with Crippen LogP contribution in [0.1, 0.15) is 38.3 Å². The van der Waals surface area contributed by atoms with E-state index in [4.69, 9.17) is 0 Å². The lowest BCUT2D eigenvalue weighted by Crippen LogP contribution is -2.45. The number of carboxylic acid groups (broad SMARTS) is 1. The van der Waals surface area contributed by atoms with Gasteiger partial charge in [-0.15, -0.1) is 0 Å². The predicted octanol–water partition coefficient (Wildman–Crippen LogP) is 2.10. The molecule has 0 aliphatic carbocycles. The van der Waals surface area contributed by atoms with Crippen LogP contribution < -0.4 is 0 Å². The maximum atomic E-state index is 11.7. The Morgan fingerprint density at radius 2 is 1.83 bits per heavy atom. The van der Waals surface area contributed by atoms with E-state index in [2.05, 4.69) is 0 Å². The van der Waals surface area contributed by atoms with Crippen LogP contribution in [0.15, 0.2) is 24.3 Å². The number of hydrogen-bond acceptors (Lipinski definition) is 3. The average molecular weight is 334 g/mol. The summed E-state index contributed by atoms with van der Waals surface area (Å²) in [6.07, 6.45) is -0.623. The third-order valence-electron chi connectivity index (χ3n) is 4.26. The van der Waals surface area contributed by atoms with Crippen LogP contribution in [0.4, 0.5) is 4.79 Å². The molecule has 0 spiro atoms. The molecule has 1 aromatic rings. The molecule has 1 aromatic carbocycles. The minimum Gasteiger partial charge on any atom is -0.465 e. The Morgan fingerprint density at radius 1 is 1.25 bits per heavy atom. The number of aliphatic hydroxyl groups excluding tert-OH is 1. The van der Waals surface area contributed by atoms with E-state index in [0.717, 1.165) is 11.1 Å². The first-order chi connectivity index (χ1) is 11.2. The van der Waals surface area contributed by atoms with Gasteiger partial charge >= 0.3 is 6.09 Å². The minimum absolute atomic E-state index is 0.0196. The van der Waals surface area contributed by atoms with Gasteiger partial charge in [-0.2, -0.15) is 0 Å². The van der Waals surface area contributed by atoms with E-state index in [1.165, 1.54) is 4.90 Å². The van der Waals surface area contributed by atoms with Crippen molar-refractivity contribution in [2.45, 2.75) is 51.8 Å². The lowest BCUT2D eigenvalue weighted by molar-refractivity contribution is -0.128. The molecule has 0 radical (unpaired) electrons. The normalized spacial score (nSPS) is 18.1. The Balaban J connectivity index is 1.92. The largest absolute Gasteiger partial charge is 0.465 e. The van der Waals surface area contributed by atoms with Crippen LogP contribution in [0, 0.1) is 0 Å². The summed E-state index contributed by atoms with van der Waals surface area (Å²) < 4.78 is 0. The third-order valence-corrected chi connectivity index (χ3v) is 4.26. The molecule has 2 rings (SSSR count). The first-order valence-electron chi connectivity index (χ1n) is 8.21. The van der Waals surface area contributed by atoms with E-state index in [1.54, 1.807) is 4.90 Å². The van der Waals surface area contributed by atoms with Gasteiger partial charge in [-0.1, -0.05) is 24.3 Å². The Hall–Kier alpha value is -2.08. The zero-order valence-electron chi connectivity index (χ0n) is 14.5. The van der Waals surface area contributed by atoms with Gasteiger partial charge < -0.3 is 20.0 Å². The van der Waals surface area contributed by atoms with Crippen molar-refractivity contribution in [3.8, 4) is 0 Å². The monoisotopic (exact) mass is 334 g/mol. The van der Waals surface area contributed by atoms with Gasteiger partial charge in [-0.25, -0.2) is 4.79 Å². The highest BCUT2D eigenvalue weighted by atomic mass is 16.4. The Labute approximate surface area is 142 Å². The molecule has 0 saturated carbocycles. The highest BCUT2D eigenvalue weighted by molar-refractivity contribution is 5.79. The Morgan fingerprint density at radius 3 is 2.29 bits per heavy atom. The molecule has 1 aliphatic heterocycles. The van der Waals surface area contributed by atoms with Gasteiger partial charge in [0.25, 0.3) is 0 Å². The van der Waals surface area contributed by atoms with E-state index in [9.17, 15) is 19.8 Å². The van der Waals surface area contributed by atoms with Gasteiger partial charge in [-0.05, 0) is 38.3 Å². The van der Waals surface area contributed by atoms with Gasteiger partial charge in [0, 0.05) is 25.2 Å². The minimum atomic E-state index is -0.912. The number of β-amino-alcohol motifs (C(OH)–C–C–N with tert-alkyl or cyclic N) is 1. The van der Waals surface area contributed by atoms with Crippen LogP contribution in [0.2, 0.25) is 0 Å². The Bertz CT molecular complexity index is 592. The van der Waals surface area contributed by atoms with Crippen molar-refractivity contribution < 1.29 is 19.8 Å². The summed E-state index contributed by atoms with van der Waals surface area (Å²) in [7, 11) is 0. The average Bonchev–Trinajstić information content (AvgIpc) is 2.77. The van der Waals surface area contributed by atoms with Gasteiger partial charge in [-0.3, -0.25) is 4.79 Å². The number of carbonyl (C=O) groups excluding carboxylic acids is 1. The highest BCUT2D eigenvalue weighted by Gasteiger charge is 2.28. The zero-order chi connectivity index (χ0) is 17.9. The fraction of sp³-hybridized carbons (Fsp3) is 0.556. The van der Waals surface area contributed by atoms with E-state index in [-0.39, 0.29) is 12.3 Å². The van der Waals surface area contributed by atoms with Crippen LogP contribution in [0.3, 0.4) is 0 Å². The molecule has 6 heteroatoms. The van der Waals surface area contributed by atoms with Crippen molar-refractivity contribution in [2.75, 3.05) is 13.1 Å². The molecule has 2 amide bonds. The summed E-state index contributed by atoms with van der Waals surface area (Å²) in [6, 6.07) is 7.84. The van der Waals surface area contributed by atoms with Gasteiger partial charge in [0.2, 0.25) is 5.91 Å². The van der Waals surface area contributed by atoms with Gasteiger partial charge in [0.15, 0.2) is 0 Å². The maximum absolute atomic E-state index is 11.7. The fourth-order valence-corrected chi connectivity index (χ4v) is 2.89. The van der Waals surface area contributed by atoms with E-state index in [0.29, 0.717) is 26.1 Å². The number of benzene rings is 1. The van der Waals surface area contributed by atoms with Crippen molar-refractivity contribution >= 4 is 12.0 Å². The number of likely N-dealkylation sites (tertiary alicyclic amines) is 1. The van der Waals surface area contributed by atoms with E-state index in [1.807, 2.05) is 45.0 Å². The number of amides is 2. The standard InChI is InChI=1S/C18H26N2O4/c1-18(2,3)20(17(23)24)9-8-13-4-6-14(7-5-13)11-19-12-15(21)10-16(19)22/h4-7,15,21H,8-12H2,1-3H3,(H,23,24)/t15-/m1/s1. The number of carbonyl (C=O) groups is 2. The molecule has 1 heterocycles. The number of hydrogen-bond donors (Lipinski definition) is 2. The molecule has 0 aromatic heterocycles. The molecular weight excluding hydrogens is 308 g/mol. The van der Waals surface area contributed by atoms with Crippen LogP contribution in [-0.4, -0.2) is 56.7 Å². The second-order valence-corrected chi connectivity index (χ2v) is 7.30. The second kappa shape index (κ2) is 7.21. The van der Waals surface area contributed by atoms with Crippen LogP contribution in [0.25, 0.3) is 0 Å². The zero-order valence-corrected chi connectivity index (χ0v) is 14.5. The first kappa shape index (κ1) is 18.3. The number of nitrogens with zero attached hydrogens (tertiary/aromatic N) is 2. The van der Waals surface area contributed by atoms with Crippen molar-refractivity contribution in [2.24, 2.45) is 0 Å². The van der Waals surface area contributed by atoms with Crippen molar-refractivity contribution in [1.29, 1.82) is 0 Å². The molecule has 132 valence electrons. The molecule has 1 fully saturated rings. The summed E-state index contributed by atoms with van der Waals surface area (Å²) in [6.45, 7) is 6.97. The molecule has 2 N–H and O–H groups in total. The van der Waals surface area contributed by atoms with Gasteiger partial charge in [0.05, 0.1) is 12.5 Å². The number of aliphatic hydroxyl groups is 1. The third kappa shape index (κ3) is 4.71. The number of rotatable bonds is 5. The molecule has 1 saturated heterocycles. The molecular formula is C18H26N2O4. The predicted molar refractivity (Wildman–Crippen MR) is 90.7 cm³/mol. The molecule has 0 bridgehead atoms. The molecule has 6 nitrogen and oxygen atoms in total. The molecule has 24 heavy (non-hydrogen) atoms. The first-order valence-corrected chi connectivity index (χ1v) is 8.21. The van der Waals surface area contributed by atoms with Crippen molar-refractivity contribution in [1.82, 2.24) is 9.80 Å². The van der Waals surface area contributed by atoms with Crippen LogP contribution >= 0.6 is 0 Å². The maximum Gasteiger partial charge on any atom is 0.407 e. The quantitative estimate of drug-likeness (QED) is 0.864. The summed E-state index contributed by atoms with van der Waals surface area (Å²) in [5, 5.41) is 18.8. The second-order valence-electron chi connectivity index (χ2n) is 7.30. The van der Waals surface area contributed by atoms with Crippen LogP contribution in [-0.2, 0) is 17.8 Å². The summed E-state index contributed by atoms with van der Waals surface area (Å²) in [5.41, 5.74) is 1.64. The van der Waals surface area contributed by atoms with E-state index >= 15 is 0 Å². The van der Waals surface area contributed by atoms with Crippen LogP contribution in [0.5, 0.6) is 0 Å². The summed E-state index contributed by atoms with van der Waals surface area (Å²) >= 11 is 0. The van der Waals surface area contributed by atoms with Crippen molar-refractivity contribution in [3.63, 3.8) is 0 Å². The summed E-state index contributed by atoms with van der Waals surface area (Å²) in [4.78, 5) is 26.1.